The Balaban J connectivity index is 1.71. The van der Waals surface area contributed by atoms with Gasteiger partial charge in [-0.1, -0.05) is 18.2 Å². The molecule has 0 radical (unpaired) electrons. The van der Waals surface area contributed by atoms with Crippen molar-refractivity contribution < 1.29 is 4.79 Å². The third-order valence-electron chi connectivity index (χ3n) is 5.41. The molecule has 1 aromatic carbocycles. The van der Waals surface area contributed by atoms with Crippen LogP contribution in [0.15, 0.2) is 30.3 Å². The molecule has 3 rings (SSSR count). The molecule has 0 spiro atoms. The van der Waals surface area contributed by atoms with E-state index in [4.69, 9.17) is 5.73 Å². The zero-order valence-corrected chi connectivity index (χ0v) is 15.4. The maximum atomic E-state index is 12.8. The number of nitrogens with two attached hydrogens (primary N) is 1. The first-order valence-electron chi connectivity index (χ1n) is 9.11. The average molecular weight is 340 g/mol. The maximum Gasteiger partial charge on any atom is 0.227 e. The molecule has 5 nitrogen and oxygen atoms in total. The summed E-state index contributed by atoms with van der Waals surface area (Å²) in [6.07, 6.45) is 2.43. The van der Waals surface area contributed by atoms with Crippen LogP contribution in [0.5, 0.6) is 0 Å². The third kappa shape index (κ3) is 3.76. The van der Waals surface area contributed by atoms with Crippen LogP contribution in [0.2, 0.25) is 0 Å². The number of piperidine rings is 1. The van der Waals surface area contributed by atoms with Crippen LogP contribution in [0.25, 0.3) is 5.69 Å². The van der Waals surface area contributed by atoms with Gasteiger partial charge in [0.1, 0.15) is 0 Å². The molecular weight excluding hydrogens is 312 g/mol. The smallest absolute Gasteiger partial charge is 0.227 e. The number of aromatic nitrogens is 2. The fourth-order valence-corrected chi connectivity index (χ4v) is 3.69. The van der Waals surface area contributed by atoms with Gasteiger partial charge in [0.2, 0.25) is 5.91 Å². The van der Waals surface area contributed by atoms with Crippen LogP contribution in [0.3, 0.4) is 0 Å². The van der Waals surface area contributed by atoms with E-state index in [9.17, 15) is 4.79 Å². The quantitative estimate of drug-likeness (QED) is 0.930. The molecule has 1 aliphatic heterocycles. The zero-order valence-electron chi connectivity index (χ0n) is 15.4. The molecule has 25 heavy (non-hydrogen) atoms. The summed E-state index contributed by atoms with van der Waals surface area (Å²) in [6.45, 7) is 7.72. The first-order valence-corrected chi connectivity index (χ1v) is 9.11. The van der Waals surface area contributed by atoms with Gasteiger partial charge in [-0.3, -0.25) is 4.79 Å². The zero-order chi connectivity index (χ0) is 18.0. The molecular formula is C20H28N4O. The lowest BCUT2D eigenvalue weighted by atomic mass is 9.90. The predicted molar refractivity (Wildman–Crippen MR) is 99.7 cm³/mol. The van der Waals surface area contributed by atoms with Crippen molar-refractivity contribution in [3.63, 3.8) is 0 Å². The maximum absolute atomic E-state index is 12.8. The molecule has 0 bridgehead atoms. The van der Waals surface area contributed by atoms with Crippen molar-refractivity contribution in [1.82, 2.24) is 14.7 Å². The van der Waals surface area contributed by atoms with Crippen molar-refractivity contribution in [3.8, 4) is 5.69 Å². The van der Waals surface area contributed by atoms with Gasteiger partial charge in [-0.2, -0.15) is 5.10 Å². The summed E-state index contributed by atoms with van der Waals surface area (Å²) >= 11 is 0. The molecule has 1 saturated heterocycles. The van der Waals surface area contributed by atoms with E-state index in [2.05, 4.69) is 12.0 Å². The third-order valence-corrected chi connectivity index (χ3v) is 5.41. The first kappa shape index (κ1) is 17.7. The second-order valence-corrected chi connectivity index (χ2v) is 7.15. The largest absolute Gasteiger partial charge is 0.342 e. The summed E-state index contributed by atoms with van der Waals surface area (Å²) < 4.78 is 1.93. The van der Waals surface area contributed by atoms with Gasteiger partial charge >= 0.3 is 0 Å². The van der Waals surface area contributed by atoms with Crippen LogP contribution < -0.4 is 5.73 Å². The molecule has 1 aromatic heterocycles. The van der Waals surface area contributed by atoms with Crippen LogP contribution in [0.1, 0.15) is 36.7 Å². The van der Waals surface area contributed by atoms with Gasteiger partial charge in [0.15, 0.2) is 0 Å². The molecule has 1 fully saturated rings. The van der Waals surface area contributed by atoms with Gasteiger partial charge in [0, 0.05) is 30.4 Å². The summed E-state index contributed by atoms with van der Waals surface area (Å²) in [5, 5.41) is 4.64. The lowest BCUT2D eigenvalue weighted by Crippen LogP contribution is -2.43. The topological polar surface area (TPSA) is 64.2 Å². The van der Waals surface area contributed by atoms with Crippen LogP contribution in [-0.4, -0.2) is 39.7 Å². The monoisotopic (exact) mass is 340 g/mol. The fraction of sp³-hybridized carbons (Fsp3) is 0.500. The minimum Gasteiger partial charge on any atom is -0.342 e. The van der Waals surface area contributed by atoms with Crippen LogP contribution >= 0.6 is 0 Å². The fourth-order valence-electron chi connectivity index (χ4n) is 3.69. The molecule has 1 atom stereocenters. The number of benzene rings is 1. The molecule has 2 N–H and O–H groups in total. The lowest BCUT2D eigenvalue weighted by molar-refractivity contribution is -0.131. The predicted octanol–water partition coefficient (Wildman–Crippen LogP) is 2.62. The van der Waals surface area contributed by atoms with Crippen molar-refractivity contribution in [3.05, 3.63) is 47.3 Å². The molecule has 1 amide bonds. The lowest BCUT2D eigenvalue weighted by Gasteiger charge is -2.33. The Morgan fingerprint density at radius 2 is 1.88 bits per heavy atom. The van der Waals surface area contributed by atoms with Crippen molar-refractivity contribution in [2.45, 2.75) is 46.1 Å². The van der Waals surface area contributed by atoms with Gasteiger partial charge in [0.05, 0.1) is 17.8 Å². The number of likely N-dealkylation sites (tertiary alicyclic amines) is 1. The number of carbonyl (C=O) groups is 1. The van der Waals surface area contributed by atoms with Gasteiger partial charge in [-0.05, 0) is 51.7 Å². The van der Waals surface area contributed by atoms with E-state index in [0.29, 0.717) is 12.3 Å². The Kier molecular flexibility index (Phi) is 5.23. The molecule has 1 unspecified atom stereocenters. The Morgan fingerprint density at radius 1 is 1.24 bits per heavy atom. The number of carbonyl (C=O) groups excluding carboxylic acids is 1. The molecule has 5 heteroatoms. The average Bonchev–Trinajstić information content (AvgIpc) is 2.90. The highest BCUT2D eigenvalue weighted by Crippen LogP contribution is 2.22. The highest BCUT2D eigenvalue weighted by Gasteiger charge is 2.26. The van der Waals surface area contributed by atoms with Gasteiger partial charge in [-0.15, -0.1) is 0 Å². The van der Waals surface area contributed by atoms with E-state index in [-0.39, 0.29) is 11.9 Å². The molecule has 0 saturated carbocycles. The second-order valence-electron chi connectivity index (χ2n) is 7.15. The molecule has 2 aromatic rings. The normalized spacial score (nSPS) is 16.9. The van der Waals surface area contributed by atoms with Crippen LogP contribution in [0, 0.1) is 19.8 Å². The number of nitrogens with zero attached hydrogens (tertiary/aromatic N) is 3. The van der Waals surface area contributed by atoms with Gasteiger partial charge in [0.25, 0.3) is 0 Å². The summed E-state index contributed by atoms with van der Waals surface area (Å²) in [6, 6.07) is 10.3. The Morgan fingerprint density at radius 3 is 2.48 bits per heavy atom. The highest BCUT2D eigenvalue weighted by molar-refractivity contribution is 5.79. The molecule has 0 aliphatic carbocycles. The Hall–Kier alpha value is -2.14. The Labute approximate surface area is 149 Å². The molecule has 1 aliphatic rings. The number of para-hydroxylation sites is 1. The highest BCUT2D eigenvalue weighted by atomic mass is 16.2. The summed E-state index contributed by atoms with van der Waals surface area (Å²) in [4.78, 5) is 14.7. The number of hydrogen-bond donors (Lipinski definition) is 1. The van der Waals surface area contributed by atoms with Crippen molar-refractivity contribution in [2.24, 2.45) is 11.7 Å². The minimum absolute atomic E-state index is 0.196. The van der Waals surface area contributed by atoms with Crippen LogP contribution in [-0.2, 0) is 11.2 Å². The van der Waals surface area contributed by atoms with Crippen molar-refractivity contribution in [1.29, 1.82) is 0 Å². The minimum atomic E-state index is 0.196. The number of hydrogen-bond acceptors (Lipinski definition) is 3. The second kappa shape index (κ2) is 7.40. The van der Waals surface area contributed by atoms with E-state index in [1.807, 2.05) is 53.8 Å². The Bertz CT molecular complexity index is 728. The van der Waals surface area contributed by atoms with Gasteiger partial charge in [-0.25, -0.2) is 4.68 Å². The molecule has 134 valence electrons. The molecule has 2 heterocycles. The van der Waals surface area contributed by atoms with E-state index in [1.54, 1.807) is 0 Å². The van der Waals surface area contributed by atoms with E-state index in [1.165, 1.54) is 0 Å². The SMILES string of the molecule is Cc1nn(-c2ccccc2)c(C)c1CC(=O)N1CCC(C(C)N)CC1. The number of amides is 1. The first-order chi connectivity index (χ1) is 12.0. The van der Waals surface area contributed by atoms with Crippen molar-refractivity contribution in [2.75, 3.05) is 13.1 Å². The van der Waals surface area contributed by atoms with E-state index >= 15 is 0 Å². The van der Waals surface area contributed by atoms with E-state index < -0.39 is 0 Å². The number of aryl methyl sites for hydroxylation is 1. The summed E-state index contributed by atoms with van der Waals surface area (Å²) in [5.74, 6) is 0.732. The summed E-state index contributed by atoms with van der Waals surface area (Å²) in [5.41, 5.74) is 10.0. The van der Waals surface area contributed by atoms with Crippen molar-refractivity contribution >= 4 is 5.91 Å². The standard InChI is InChI=1S/C20H28N4O/c1-14(21)17-9-11-23(12-10-17)20(25)13-19-15(2)22-24(16(19)3)18-7-5-4-6-8-18/h4-8,14,17H,9-13,21H2,1-3H3. The van der Waals surface area contributed by atoms with Gasteiger partial charge < -0.3 is 10.6 Å². The number of rotatable bonds is 4. The van der Waals surface area contributed by atoms with Crippen LogP contribution in [0.4, 0.5) is 0 Å². The van der Waals surface area contributed by atoms with E-state index in [0.717, 1.165) is 48.6 Å². The summed E-state index contributed by atoms with van der Waals surface area (Å²) in [7, 11) is 0.